The molecule has 1 amide bonds. The number of carbonyl (C=O) groups is 2. The van der Waals surface area contributed by atoms with E-state index in [1.54, 1.807) is 4.90 Å². The number of aliphatic carboxylic acids is 1. The third kappa shape index (κ3) is 5.37. The second kappa shape index (κ2) is 8.31. The fourth-order valence-corrected chi connectivity index (χ4v) is 1.96. The van der Waals surface area contributed by atoms with Gasteiger partial charge in [0, 0.05) is 6.54 Å². The van der Waals surface area contributed by atoms with Crippen LogP contribution in [0.3, 0.4) is 0 Å². The molecule has 1 saturated heterocycles. The van der Waals surface area contributed by atoms with Crippen LogP contribution in [0.4, 0.5) is 0 Å². The molecule has 6 heteroatoms. The van der Waals surface area contributed by atoms with Crippen molar-refractivity contribution in [1.82, 2.24) is 10.2 Å². The molecule has 0 radical (unpaired) electrons. The Hall–Kier alpha value is -0.810. The Morgan fingerprint density at radius 1 is 1.41 bits per heavy atom. The van der Waals surface area contributed by atoms with Crippen molar-refractivity contribution in [2.75, 3.05) is 19.6 Å². The Labute approximate surface area is 108 Å². The van der Waals surface area contributed by atoms with E-state index in [1.807, 2.05) is 6.92 Å². The maximum atomic E-state index is 11.5. The van der Waals surface area contributed by atoms with Crippen LogP contribution < -0.4 is 5.32 Å². The minimum Gasteiger partial charge on any atom is -0.480 e. The standard InChI is InChI=1S/C11H20N2O3.ClH/c1-2-6-12-10(14)8-13-7-4-3-5-9(13)11(15)16;/h9H,2-8H2,1H3,(H,12,14)(H,15,16);1H. The summed E-state index contributed by atoms with van der Waals surface area (Å²) in [7, 11) is 0. The predicted octanol–water partition coefficient (Wildman–Crippen LogP) is 0.873. The molecule has 5 nitrogen and oxygen atoms in total. The smallest absolute Gasteiger partial charge is 0.320 e. The molecular formula is C11H21ClN2O3. The highest BCUT2D eigenvalue weighted by Crippen LogP contribution is 2.16. The molecule has 1 fully saturated rings. The Morgan fingerprint density at radius 3 is 2.71 bits per heavy atom. The van der Waals surface area contributed by atoms with Crippen LogP contribution in [0.15, 0.2) is 0 Å². The highest BCUT2D eigenvalue weighted by Gasteiger charge is 2.29. The van der Waals surface area contributed by atoms with E-state index in [2.05, 4.69) is 5.32 Å². The van der Waals surface area contributed by atoms with Crippen molar-refractivity contribution in [3.8, 4) is 0 Å². The van der Waals surface area contributed by atoms with Gasteiger partial charge in [0.05, 0.1) is 6.54 Å². The molecule has 0 saturated carbocycles. The topological polar surface area (TPSA) is 69.6 Å². The number of hydrogen-bond donors (Lipinski definition) is 2. The Morgan fingerprint density at radius 2 is 2.12 bits per heavy atom. The van der Waals surface area contributed by atoms with Crippen LogP contribution in [0.1, 0.15) is 32.6 Å². The van der Waals surface area contributed by atoms with E-state index in [4.69, 9.17) is 5.11 Å². The second-order valence-electron chi connectivity index (χ2n) is 4.17. The average molecular weight is 265 g/mol. The van der Waals surface area contributed by atoms with Crippen LogP contribution in [0.25, 0.3) is 0 Å². The van der Waals surface area contributed by atoms with E-state index < -0.39 is 12.0 Å². The number of halogens is 1. The molecule has 0 aromatic rings. The van der Waals surface area contributed by atoms with E-state index in [0.717, 1.165) is 19.3 Å². The van der Waals surface area contributed by atoms with Crippen LogP contribution in [-0.2, 0) is 9.59 Å². The van der Waals surface area contributed by atoms with Gasteiger partial charge in [0.15, 0.2) is 0 Å². The van der Waals surface area contributed by atoms with Gasteiger partial charge in [0.1, 0.15) is 6.04 Å². The molecule has 2 N–H and O–H groups in total. The number of likely N-dealkylation sites (tertiary alicyclic amines) is 1. The number of nitrogens with zero attached hydrogens (tertiary/aromatic N) is 1. The lowest BCUT2D eigenvalue weighted by Crippen LogP contribution is -2.49. The minimum atomic E-state index is -0.817. The molecule has 1 aliphatic rings. The van der Waals surface area contributed by atoms with Crippen molar-refractivity contribution in [2.24, 2.45) is 0 Å². The van der Waals surface area contributed by atoms with Crippen molar-refractivity contribution < 1.29 is 14.7 Å². The van der Waals surface area contributed by atoms with Gasteiger partial charge in [-0.15, -0.1) is 12.4 Å². The Bertz CT molecular complexity index is 261. The third-order valence-corrected chi connectivity index (χ3v) is 2.82. The maximum Gasteiger partial charge on any atom is 0.320 e. The van der Waals surface area contributed by atoms with Gasteiger partial charge in [-0.05, 0) is 25.8 Å². The number of hydrogen-bond acceptors (Lipinski definition) is 3. The molecular weight excluding hydrogens is 244 g/mol. The first-order valence-electron chi connectivity index (χ1n) is 5.88. The summed E-state index contributed by atoms with van der Waals surface area (Å²) in [5.74, 6) is -0.891. The van der Waals surface area contributed by atoms with Crippen molar-refractivity contribution in [1.29, 1.82) is 0 Å². The first kappa shape index (κ1) is 16.2. The fraction of sp³-hybridized carbons (Fsp3) is 0.818. The first-order chi connectivity index (χ1) is 7.65. The minimum absolute atomic E-state index is 0. The first-order valence-corrected chi connectivity index (χ1v) is 5.88. The SMILES string of the molecule is CCCNC(=O)CN1CCCCC1C(=O)O.Cl. The number of carboxylic acids is 1. The van der Waals surface area contributed by atoms with Crippen LogP contribution in [0.2, 0.25) is 0 Å². The molecule has 0 spiro atoms. The summed E-state index contributed by atoms with van der Waals surface area (Å²) in [6.45, 7) is 3.55. The van der Waals surface area contributed by atoms with Crippen LogP contribution >= 0.6 is 12.4 Å². The van der Waals surface area contributed by atoms with Gasteiger partial charge in [-0.1, -0.05) is 13.3 Å². The molecule has 0 aromatic heterocycles. The summed E-state index contributed by atoms with van der Waals surface area (Å²) in [5, 5.41) is 11.8. The van der Waals surface area contributed by atoms with Crippen molar-refractivity contribution >= 4 is 24.3 Å². The molecule has 1 atom stereocenters. The summed E-state index contributed by atoms with van der Waals surface area (Å²) >= 11 is 0. The zero-order chi connectivity index (χ0) is 12.0. The molecule has 100 valence electrons. The lowest BCUT2D eigenvalue weighted by molar-refractivity contribution is -0.145. The number of rotatable bonds is 5. The lowest BCUT2D eigenvalue weighted by atomic mass is 10.0. The summed E-state index contributed by atoms with van der Waals surface area (Å²) in [6, 6.07) is -0.485. The Kier molecular flexibility index (Phi) is 7.91. The normalized spacial score (nSPS) is 20.4. The molecule has 1 unspecified atom stereocenters. The van der Waals surface area contributed by atoms with Crippen molar-refractivity contribution in [3.63, 3.8) is 0 Å². The third-order valence-electron chi connectivity index (χ3n) is 2.82. The van der Waals surface area contributed by atoms with E-state index in [0.29, 0.717) is 19.5 Å². The highest BCUT2D eigenvalue weighted by molar-refractivity contribution is 5.85. The summed E-state index contributed by atoms with van der Waals surface area (Å²) in [6.07, 6.45) is 3.46. The van der Waals surface area contributed by atoms with E-state index in [-0.39, 0.29) is 24.9 Å². The summed E-state index contributed by atoms with van der Waals surface area (Å²) < 4.78 is 0. The van der Waals surface area contributed by atoms with Gasteiger partial charge in [0.2, 0.25) is 5.91 Å². The predicted molar refractivity (Wildman–Crippen MR) is 67.4 cm³/mol. The number of carboxylic acid groups (broad SMARTS) is 1. The van der Waals surface area contributed by atoms with Gasteiger partial charge in [0.25, 0.3) is 0 Å². The van der Waals surface area contributed by atoms with Crippen molar-refractivity contribution in [2.45, 2.75) is 38.6 Å². The van der Waals surface area contributed by atoms with E-state index in [9.17, 15) is 9.59 Å². The lowest BCUT2D eigenvalue weighted by Gasteiger charge is -2.32. The summed E-state index contributed by atoms with van der Waals surface area (Å²) in [5.41, 5.74) is 0. The molecule has 1 aliphatic heterocycles. The number of amides is 1. The second-order valence-corrected chi connectivity index (χ2v) is 4.17. The van der Waals surface area contributed by atoms with Crippen LogP contribution in [-0.4, -0.2) is 47.6 Å². The number of nitrogens with one attached hydrogen (secondary N) is 1. The average Bonchev–Trinajstić information content (AvgIpc) is 2.27. The van der Waals surface area contributed by atoms with Crippen LogP contribution in [0, 0.1) is 0 Å². The number of carbonyl (C=O) groups excluding carboxylic acids is 1. The quantitative estimate of drug-likeness (QED) is 0.773. The molecule has 0 bridgehead atoms. The molecule has 17 heavy (non-hydrogen) atoms. The zero-order valence-electron chi connectivity index (χ0n) is 10.1. The van der Waals surface area contributed by atoms with Gasteiger partial charge in [-0.25, -0.2) is 0 Å². The van der Waals surface area contributed by atoms with Gasteiger partial charge >= 0.3 is 5.97 Å². The number of piperidine rings is 1. The largest absolute Gasteiger partial charge is 0.480 e. The van der Waals surface area contributed by atoms with Gasteiger partial charge in [-0.3, -0.25) is 14.5 Å². The molecule has 0 aromatic carbocycles. The summed E-state index contributed by atoms with van der Waals surface area (Å²) in [4.78, 5) is 24.2. The van der Waals surface area contributed by atoms with E-state index >= 15 is 0 Å². The molecule has 0 aliphatic carbocycles. The van der Waals surface area contributed by atoms with Crippen molar-refractivity contribution in [3.05, 3.63) is 0 Å². The van der Waals surface area contributed by atoms with Gasteiger partial charge < -0.3 is 10.4 Å². The molecule has 1 rings (SSSR count). The maximum absolute atomic E-state index is 11.5. The van der Waals surface area contributed by atoms with Crippen LogP contribution in [0.5, 0.6) is 0 Å². The monoisotopic (exact) mass is 264 g/mol. The fourth-order valence-electron chi connectivity index (χ4n) is 1.96. The highest BCUT2D eigenvalue weighted by atomic mass is 35.5. The molecule has 1 heterocycles. The van der Waals surface area contributed by atoms with Gasteiger partial charge in [-0.2, -0.15) is 0 Å². The zero-order valence-corrected chi connectivity index (χ0v) is 11.0. The van der Waals surface area contributed by atoms with E-state index in [1.165, 1.54) is 0 Å². The Balaban J connectivity index is 0.00000256.